The Morgan fingerprint density at radius 3 is 2.40 bits per heavy atom. The van der Waals surface area contributed by atoms with Gasteiger partial charge in [0.05, 0.1) is 13.7 Å². The molecule has 15 heteroatoms. The van der Waals surface area contributed by atoms with Crippen molar-refractivity contribution in [3.63, 3.8) is 0 Å². The Labute approximate surface area is 255 Å². The van der Waals surface area contributed by atoms with E-state index in [1.165, 1.54) is 7.11 Å². The SMILES string of the molecule is COC(=O)CCCC(=O)[C@@H]1OP(=O)(OCOC(=O)N[C@@H](CSC(=O)C(C)(C)C)C(=O)OCc2ccccc2)OCC1(C)C. The van der Waals surface area contributed by atoms with Crippen LogP contribution in [0.25, 0.3) is 0 Å². The second-order valence-corrected chi connectivity index (χ2v) is 14.0. The summed E-state index contributed by atoms with van der Waals surface area (Å²) in [6.45, 7) is 7.44. The molecule has 0 radical (unpaired) electrons. The third-order valence-corrected chi connectivity index (χ3v) is 8.77. The highest BCUT2D eigenvalue weighted by molar-refractivity contribution is 8.13. The third-order valence-electron chi connectivity index (χ3n) is 6.06. The average molecular weight is 646 g/mol. The van der Waals surface area contributed by atoms with Gasteiger partial charge in [0.1, 0.15) is 18.8 Å². The maximum Gasteiger partial charge on any atom is 0.478 e. The minimum atomic E-state index is -4.32. The van der Waals surface area contributed by atoms with Gasteiger partial charge in [-0.2, -0.15) is 0 Å². The fraction of sp³-hybridized carbons (Fsp3) is 0.607. The average Bonchev–Trinajstić information content (AvgIpc) is 2.95. The molecule has 1 aliphatic heterocycles. The van der Waals surface area contributed by atoms with Crippen LogP contribution in [0.2, 0.25) is 0 Å². The lowest BCUT2D eigenvalue weighted by atomic mass is 9.84. The number of nitrogens with one attached hydrogen (secondary N) is 1. The monoisotopic (exact) mass is 645 g/mol. The van der Waals surface area contributed by atoms with Crippen LogP contribution in [0.3, 0.4) is 0 Å². The zero-order valence-corrected chi connectivity index (χ0v) is 27.0. The fourth-order valence-corrected chi connectivity index (χ4v) is 6.03. The van der Waals surface area contributed by atoms with Crippen molar-refractivity contribution < 1.29 is 56.3 Å². The van der Waals surface area contributed by atoms with Gasteiger partial charge in [0, 0.05) is 29.4 Å². The molecule has 1 amide bonds. The molecule has 1 unspecified atom stereocenters. The zero-order valence-electron chi connectivity index (χ0n) is 25.2. The molecule has 1 aromatic rings. The van der Waals surface area contributed by atoms with Gasteiger partial charge >= 0.3 is 25.9 Å². The maximum atomic E-state index is 13.0. The Morgan fingerprint density at radius 1 is 1.09 bits per heavy atom. The van der Waals surface area contributed by atoms with Crippen LogP contribution in [-0.4, -0.2) is 67.3 Å². The number of ether oxygens (including phenoxy) is 3. The van der Waals surface area contributed by atoms with E-state index in [9.17, 15) is 28.5 Å². The lowest BCUT2D eigenvalue weighted by molar-refractivity contribution is -0.146. The van der Waals surface area contributed by atoms with Crippen molar-refractivity contribution in [3.05, 3.63) is 35.9 Å². The number of alkyl carbamates (subject to hydrolysis) is 1. The summed E-state index contributed by atoms with van der Waals surface area (Å²) in [6.07, 6.45) is -2.07. The number of hydrogen-bond donors (Lipinski definition) is 1. The highest BCUT2D eigenvalue weighted by atomic mass is 32.2. The molecule has 43 heavy (non-hydrogen) atoms. The van der Waals surface area contributed by atoms with Gasteiger partial charge in [0.25, 0.3) is 0 Å². The zero-order chi connectivity index (χ0) is 32.3. The van der Waals surface area contributed by atoms with Crippen molar-refractivity contribution in [1.29, 1.82) is 0 Å². The number of carbonyl (C=O) groups is 5. The molecule has 0 saturated carbocycles. The van der Waals surface area contributed by atoms with E-state index in [1.54, 1.807) is 58.9 Å². The molecule has 1 fully saturated rings. The maximum absolute atomic E-state index is 13.0. The molecule has 0 aliphatic carbocycles. The molecule has 1 heterocycles. The number of ketones is 1. The van der Waals surface area contributed by atoms with Crippen LogP contribution in [0.4, 0.5) is 4.79 Å². The number of carbonyl (C=O) groups excluding carboxylic acids is 5. The van der Waals surface area contributed by atoms with E-state index in [-0.39, 0.29) is 43.3 Å². The van der Waals surface area contributed by atoms with E-state index >= 15 is 0 Å². The van der Waals surface area contributed by atoms with E-state index in [1.807, 2.05) is 6.07 Å². The summed E-state index contributed by atoms with van der Waals surface area (Å²) in [6, 6.07) is 7.65. The van der Waals surface area contributed by atoms with Gasteiger partial charge in [0.2, 0.25) is 6.79 Å². The first kappa shape index (κ1) is 36.4. The van der Waals surface area contributed by atoms with Gasteiger partial charge < -0.3 is 19.5 Å². The van der Waals surface area contributed by atoms with E-state index in [0.717, 1.165) is 17.3 Å². The Bertz CT molecular complexity index is 1180. The predicted octanol–water partition coefficient (Wildman–Crippen LogP) is 4.57. The van der Waals surface area contributed by atoms with Crippen molar-refractivity contribution >= 4 is 48.5 Å². The minimum absolute atomic E-state index is 0.0282. The molecule has 1 saturated heterocycles. The van der Waals surface area contributed by atoms with Crippen LogP contribution in [0.15, 0.2) is 30.3 Å². The molecule has 0 aromatic heterocycles. The number of Topliss-reactive ketones (excluding diaryl/α,β-unsaturated/α-hetero) is 1. The largest absolute Gasteiger partial charge is 0.478 e. The number of benzene rings is 1. The van der Waals surface area contributed by atoms with Crippen molar-refractivity contribution in [2.24, 2.45) is 10.8 Å². The summed E-state index contributed by atoms with van der Waals surface area (Å²) in [5, 5.41) is 2.14. The van der Waals surface area contributed by atoms with Crippen molar-refractivity contribution in [3.8, 4) is 0 Å². The predicted molar refractivity (Wildman–Crippen MR) is 156 cm³/mol. The minimum Gasteiger partial charge on any atom is -0.469 e. The van der Waals surface area contributed by atoms with Crippen molar-refractivity contribution in [2.45, 2.75) is 72.6 Å². The molecular weight excluding hydrogens is 605 g/mol. The van der Waals surface area contributed by atoms with Gasteiger partial charge in [-0.05, 0) is 12.0 Å². The molecule has 13 nitrogen and oxygen atoms in total. The first-order valence-corrected chi connectivity index (χ1v) is 16.0. The molecule has 240 valence electrons. The smallest absolute Gasteiger partial charge is 0.469 e. The third kappa shape index (κ3) is 12.4. The summed E-state index contributed by atoms with van der Waals surface area (Å²) < 4.78 is 43.6. The number of phosphoric acid groups is 1. The van der Waals surface area contributed by atoms with Gasteiger partial charge in [-0.25, -0.2) is 18.7 Å². The molecule has 1 aromatic carbocycles. The number of methoxy groups -OCH3 is 1. The first-order valence-electron chi connectivity index (χ1n) is 13.5. The van der Waals surface area contributed by atoms with Gasteiger partial charge in [-0.3, -0.25) is 23.4 Å². The molecule has 1 aliphatic rings. The van der Waals surface area contributed by atoms with Crippen LogP contribution in [0.1, 0.15) is 59.4 Å². The number of phosphoric ester groups is 1. The van der Waals surface area contributed by atoms with E-state index < -0.39 is 61.4 Å². The Morgan fingerprint density at radius 2 is 1.77 bits per heavy atom. The van der Waals surface area contributed by atoms with Crippen LogP contribution in [-0.2, 0) is 58.1 Å². The molecular formula is C28H40NO12PS. The highest BCUT2D eigenvalue weighted by Crippen LogP contribution is 2.57. The topological polar surface area (TPSA) is 170 Å². The number of esters is 2. The van der Waals surface area contributed by atoms with Crippen LogP contribution in [0.5, 0.6) is 0 Å². The van der Waals surface area contributed by atoms with E-state index in [0.29, 0.717) is 0 Å². The van der Waals surface area contributed by atoms with Gasteiger partial charge in [0.15, 0.2) is 10.9 Å². The standard InChI is InChI=1S/C28H40NO12PS/c1-27(2,3)25(33)43-16-20(24(32)37-15-19-11-8-7-9-12-19)29-26(34)38-18-40-42(35)39-17-28(4,5)23(41-42)21(30)13-10-14-22(31)36-6/h7-9,11-12,20,23H,10,13-18H2,1-6H3,(H,29,34)/t20-,23-,42?/m0/s1. The summed E-state index contributed by atoms with van der Waals surface area (Å²) >= 11 is 0.857. The van der Waals surface area contributed by atoms with E-state index in [4.69, 9.17) is 23.0 Å². The summed E-state index contributed by atoms with van der Waals surface area (Å²) in [4.78, 5) is 61.8. The van der Waals surface area contributed by atoms with Crippen LogP contribution >= 0.6 is 19.6 Å². The Balaban J connectivity index is 1.95. The molecule has 0 spiro atoms. The second kappa shape index (κ2) is 16.3. The van der Waals surface area contributed by atoms with Gasteiger partial charge in [-0.1, -0.05) is 76.7 Å². The molecule has 2 rings (SSSR count). The lowest BCUT2D eigenvalue weighted by Crippen LogP contribution is -2.45. The normalized spacial score (nSPS) is 20.4. The summed E-state index contributed by atoms with van der Waals surface area (Å²) in [7, 11) is -3.07. The van der Waals surface area contributed by atoms with Crippen LogP contribution < -0.4 is 5.32 Å². The lowest BCUT2D eigenvalue weighted by Gasteiger charge is -2.39. The number of rotatable bonds is 14. The summed E-state index contributed by atoms with van der Waals surface area (Å²) in [5.41, 5.74) is -0.809. The fourth-order valence-electron chi connectivity index (χ4n) is 3.53. The first-order chi connectivity index (χ1) is 20.1. The molecule has 1 N–H and O–H groups in total. The Kier molecular flexibility index (Phi) is 13.8. The van der Waals surface area contributed by atoms with E-state index in [2.05, 4.69) is 10.1 Å². The summed E-state index contributed by atoms with van der Waals surface area (Å²) in [5.74, 6) is -1.79. The highest BCUT2D eigenvalue weighted by Gasteiger charge is 2.48. The number of hydrogen-bond acceptors (Lipinski definition) is 13. The number of amides is 1. The second-order valence-electron chi connectivity index (χ2n) is 11.4. The van der Waals surface area contributed by atoms with Crippen LogP contribution in [0, 0.1) is 10.8 Å². The number of thioether (sulfide) groups is 1. The van der Waals surface area contributed by atoms with Gasteiger partial charge in [-0.15, -0.1) is 0 Å². The Hall–Kier alpha value is -2.77. The quantitative estimate of drug-likeness (QED) is 0.129. The molecule has 0 bridgehead atoms. The van der Waals surface area contributed by atoms with Crippen molar-refractivity contribution in [2.75, 3.05) is 26.3 Å². The van der Waals surface area contributed by atoms with Crippen molar-refractivity contribution in [1.82, 2.24) is 5.32 Å². The molecule has 3 atom stereocenters.